The highest BCUT2D eigenvalue weighted by Gasteiger charge is 2.10. The van der Waals surface area contributed by atoms with Crippen molar-refractivity contribution in [1.82, 2.24) is 5.43 Å². The van der Waals surface area contributed by atoms with Gasteiger partial charge in [0.15, 0.2) is 0 Å². The van der Waals surface area contributed by atoms with Crippen LogP contribution in [-0.2, 0) is 0 Å². The molecule has 3 N–H and O–H groups in total. The Morgan fingerprint density at radius 3 is 2.80 bits per heavy atom. The van der Waals surface area contributed by atoms with Gasteiger partial charge in [-0.3, -0.25) is 11.3 Å². The maximum Gasteiger partial charge on any atom is 0.0701 e. The van der Waals surface area contributed by atoms with Crippen molar-refractivity contribution >= 4 is 27.3 Å². The quantitative estimate of drug-likeness (QED) is 0.453. The average molecular weight is 291 g/mol. The number of rotatable bonds is 7. The molecule has 1 heterocycles. The third-order valence-electron chi connectivity index (χ3n) is 2.54. The van der Waals surface area contributed by atoms with Gasteiger partial charge in [-0.05, 0) is 39.4 Å². The zero-order valence-corrected chi connectivity index (χ0v) is 11.5. The largest absolute Gasteiger partial charge is 0.271 e. The first-order valence-corrected chi connectivity index (χ1v) is 7.15. The van der Waals surface area contributed by atoms with Gasteiger partial charge in [-0.15, -0.1) is 11.3 Å². The molecule has 0 aliphatic heterocycles. The minimum Gasteiger partial charge on any atom is -0.271 e. The molecule has 1 aromatic rings. The standard InChI is InChI=1S/C11H19BrN2S/c1-2-3-4-5-6-10(14-13)9-7-11(12)15-8-9/h7-8,10,14H,2-6,13H2,1H3. The molecule has 0 radical (unpaired) electrons. The number of hydrogen-bond donors (Lipinski definition) is 2. The SMILES string of the molecule is CCCCCCC(NN)c1csc(Br)c1. The van der Waals surface area contributed by atoms with Crippen molar-refractivity contribution in [2.45, 2.75) is 45.1 Å². The molecule has 0 aliphatic rings. The van der Waals surface area contributed by atoms with E-state index in [1.165, 1.54) is 35.0 Å². The van der Waals surface area contributed by atoms with E-state index in [2.05, 4.69) is 39.7 Å². The number of thiophene rings is 1. The van der Waals surface area contributed by atoms with E-state index in [1.54, 1.807) is 11.3 Å². The van der Waals surface area contributed by atoms with Crippen molar-refractivity contribution in [2.75, 3.05) is 0 Å². The summed E-state index contributed by atoms with van der Waals surface area (Å²) < 4.78 is 1.17. The lowest BCUT2D eigenvalue weighted by molar-refractivity contribution is 0.483. The predicted molar refractivity (Wildman–Crippen MR) is 70.8 cm³/mol. The molecule has 2 nitrogen and oxygen atoms in total. The Bertz CT molecular complexity index is 275. The van der Waals surface area contributed by atoms with Crippen molar-refractivity contribution < 1.29 is 0 Å². The summed E-state index contributed by atoms with van der Waals surface area (Å²) in [5.41, 5.74) is 4.19. The third kappa shape index (κ3) is 4.64. The molecule has 1 rings (SSSR count). The van der Waals surface area contributed by atoms with Gasteiger partial charge in [0.25, 0.3) is 0 Å². The lowest BCUT2D eigenvalue weighted by Gasteiger charge is -2.13. The van der Waals surface area contributed by atoms with E-state index >= 15 is 0 Å². The Morgan fingerprint density at radius 1 is 1.47 bits per heavy atom. The Labute approximate surface area is 104 Å². The van der Waals surface area contributed by atoms with Gasteiger partial charge in [0.2, 0.25) is 0 Å². The molecule has 0 aliphatic carbocycles. The minimum absolute atomic E-state index is 0.310. The third-order valence-corrected chi connectivity index (χ3v) is 4.06. The van der Waals surface area contributed by atoms with Crippen molar-refractivity contribution in [3.8, 4) is 0 Å². The normalized spacial score (nSPS) is 13.0. The van der Waals surface area contributed by atoms with Gasteiger partial charge in [-0.25, -0.2) is 0 Å². The molecule has 0 fully saturated rings. The van der Waals surface area contributed by atoms with Gasteiger partial charge in [-0.2, -0.15) is 0 Å². The first kappa shape index (κ1) is 13.2. The molecule has 0 amide bonds. The average Bonchev–Trinajstić information content (AvgIpc) is 2.65. The molecule has 0 saturated carbocycles. The molecule has 1 aromatic heterocycles. The van der Waals surface area contributed by atoms with Gasteiger partial charge in [0.1, 0.15) is 0 Å². The molecule has 4 heteroatoms. The summed E-state index contributed by atoms with van der Waals surface area (Å²) in [5.74, 6) is 5.57. The summed E-state index contributed by atoms with van der Waals surface area (Å²) in [4.78, 5) is 0. The van der Waals surface area contributed by atoms with Crippen molar-refractivity contribution in [1.29, 1.82) is 0 Å². The van der Waals surface area contributed by atoms with Gasteiger partial charge in [0, 0.05) is 6.04 Å². The molecule has 86 valence electrons. The Hall–Kier alpha value is 0.100. The van der Waals surface area contributed by atoms with E-state index in [9.17, 15) is 0 Å². The second kappa shape index (κ2) is 7.39. The summed E-state index contributed by atoms with van der Waals surface area (Å²) in [5, 5.41) is 2.16. The topological polar surface area (TPSA) is 38.0 Å². The van der Waals surface area contributed by atoms with Crippen LogP contribution in [-0.4, -0.2) is 0 Å². The summed E-state index contributed by atoms with van der Waals surface area (Å²) in [6, 6.07) is 2.46. The monoisotopic (exact) mass is 290 g/mol. The second-order valence-corrected chi connectivity index (χ2v) is 6.04. The fraction of sp³-hybridized carbons (Fsp3) is 0.636. The number of hydrazine groups is 1. The van der Waals surface area contributed by atoms with Gasteiger partial charge in [-0.1, -0.05) is 32.6 Å². The van der Waals surface area contributed by atoms with E-state index in [0.29, 0.717) is 6.04 Å². The van der Waals surface area contributed by atoms with Crippen molar-refractivity contribution in [3.05, 3.63) is 20.8 Å². The lowest BCUT2D eigenvalue weighted by atomic mass is 10.0. The minimum atomic E-state index is 0.310. The fourth-order valence-corrected chi connectivity index (χ4v) is 2.86. The maximum absolute atomic E-state index is 5.57. The van der Waals surface area contributed by atoms with Crippen LogP contribution in [0, 0.1) is 0 Å². The van der Waals surface area contributed by atoms with Crippen LogP contribution in [0.1, 0.15) is 50.6 Å². The van der Waals surface area contributed by atoms with Crippen LogP contribution in [0.2, 0.25) is 0 Å². The highest BCUT2D eigenvalue weighted by molar-refractivity contribution is 9.11. The maximum atomic E-state index is 5.57. The Morgan fingerprint density at radius 2 is 2.27 bits per heavy atom. The van der Waals surface area contributed by atoms with E-state index in [-0.39, 0.29) is 0 Å². The van der Waals surface area contributed by atoms with Crippen LogP contribution < -0.4 is 11.3 Å². The smallest absolute Gasteiger partial charge is 0.0701 e. The molecular formula is C11H19BrN2S. The second-order valence-electron chi connectivity index (χ2n) is 3.75. The van der Waals surface area contributed by atoms with Crippen LogP contribution in [0.4, 0.5) is 0 Å². The summed E-state index contributed by atoms with van der Waals surface area (Å²) in [6.45, 7) is 2.23. The van der Waals surface area contributed by atoms with Gasteiger partial charge >= 0.3 is 0 Å². The molecule has 1 atom stereocenters. The number of hydrogen-bond acceptors (Lipinski definition) is 3. The van der Waals surface area contributed by atoms with Crippen molar-refractivity contribution in [2.24, 2.45) is 5.84 Å². The van der Waals surface area contributed by atoms with Gasteiger partial charge < -0.3 is 0 Å². The number of halogens is 1. The highest BCUT2D eigenvalue weighted by atomic mass is 79.9. The molecule has 0 saturated heterocycles. The molecule has 0 bridgehead atoms. The van der Waals surface area contributed by atoms with Crippen LogP contribution in [0.15, 0.2) is 15.2 Å². The molecule has 1 unspecified atom stereocenters. The van der Waals surface area contributed by atoms with Crippen LogP contribution in [0.25, 0.3) is 0 Å². The number of nitrogens with one attached hydrogen (secondary N) is 1. The van der Waals surface area contributed by atoms with Gasteiger partial charge in [0.05, 0.1) is 3.79 Å². The first-order chi connectivity index (χ1) is 7.27. The van der Waals surface area contributed by atoms with Crippen LogP contribution >= 0.6 is 27.3 Å². The molecule has 15 heavy (non-hydrogen) atoms. The molecule has 0 aromatic carbocycles. The Balaban J connectivity index is 2.35. The predicted octanol–water partition coefficient (Wildman–Crippen LogP) is 3.99. The number of nitrogens with two attached hydrogens (primary N) is 1. The van der Waals surface area contributed by atoms with E-state index < -0.39 is 0 Å². The summed E-state index contributed by atoms with van der Waals surface area (Å²) in [7, 11) is 0. The zero-order valence-electron chi connectivity index (χ0n) is 9.13. The van der Waals surface area contributed by atoms with Crippen LogP contribution in [0.3, 0.4) is 0 Å². The van der Waals surface area contributed by atoms with E-state index in [1.807, 2.05) is 0 Å². The van der Waals surface area contributed by atoms with Crippen molar-refractivity contribution in [3.63, 3.8) is 0 Å². The summed E-state index contributed by atoms with van der Waals surface area (Å²) in [6.07, 6.45) is 6.28. The molecular weight excluding hydrogens is 272 g/mol. The van der Waals surface area contributed by atoms with E-state index in [0.717, 1.165) is 6.42 Å². The fourth-order valence-electron chi connectivity index (χ4n) is 1.63. The van der Waals surface area contributed by atoms with Crippen LogP contribution in [0.5, 0.6) is 0 Å². The summed E-state index contributed by atoms with van der Waals surface area (Å²) >= 11 is 5.19. The zero-order chi connectivity index (χ0) is 11.1. The van der Waals surface area contributed by atoms with E-state index in [4.69, 9.17) is 5.84 Å². The Kier molecular flexibility index (Phi) is 6.48. The highest BCUT2D eigenvalue weighted by Crippen LogP contribution is 2.27. The first-order valence-electron chi connectivity index (χ1n) is 5.48. The lowest BCUT2D eigenvalue weighted by Crippen LogP contribution is -2.27. The number of unbranched alkanes of at least 4 members (excludes halogenated alkanes) is 3. The molecule has 0 spiro atoms.